The number of aliphatic imine (C=N–C) groups is 1. The highest BCUT2D eigenvalue weighted by Gasteiger charge is 2.25. The molecule has 2 atom stereocenters. The first-order chi connectivity index (χ1) is 10.7. The molecule has 2 saturated heterocycles. The summed E-state index contributed by atoms with van der Waals surface area (Å²) in [5, 5.41) is 3.54. The van der Waals surface area contributed by atoms with Gasteiger partial charge >= 0.3 is 0 Å². The normalized spacial score (nSPS) is 25.4. The summed E-state index contributed by atoms with van der Waals surface area (Å²) in [6.07, 6.45) is 3.70. The number of rotatable bonds is 7. The lowest BCUT2D eigenvalue weighted by atomic mass is 10.1. The number of hydrogen-bond donors (Lipinski definition) is 1. The van der Waals surface area contributed by atoms with Crippen LogP contribution >= 0.6 is 24.0 Å². The topological polar surface area (TPSA) is 49.3 Å². The maximum absolute atomic E-state index is 5.46. The summed E-state index contributed by atoms with van der Waals surface area (Å²) in [5.41, 5.74) is 0. The van der Waals surface area contributed by atoms with Crippen molar-refractivity contribution < 1.29 is 9.47 Å². The standard InChI is InChI=1S/C16H32N4O2.HI/c1-17-16(19(2)12-14-6-9-22-13-14)18-11-15-5-4-7-20(15)8-10-21-3;/h14-15H,4-13H2,1-3H3,(H,17,18);1H. The summed E-state index contributed by atoms with van der Waals surface area (Å²) < 4.78 is 10.7. The van der Waals surface area contributed by atoms with Crippen LogP contribution in [0.25, 0.3) is 0 Å². The van der Waals surface area contributed by atoms with Gasteiger partial charge in [0.05, 0.1) is 13.2 Å². The third-order valence-electron chi connectivity index (χ3n) is 4.71. The first-order valence-corrected chi connectivity index (χ1v) is 8.47. The number of nitrogens with zero attached hydrogens (tertiary/aromatic N) is 3. The van der Waals surface area contributed by atoms with Crippen molar-refractivity contribution >= 4 is 29.9 Å². The van der Waals surface area contributed by atoms with Crippen LogP contribution in [0.5, 0.6) is 0 Å². The van der Waals surface area contributed by atoms with Gasteiger partial charge < -0.3 is 19.7 Å². The second-order valence-electron chi connectivity index (χ2n) is 6.36. The minimum absolute atomic E-state index is 0. The Kier molecular flexibility index (Phi) is 10.4. The van der Waals surface area contributed by atoms with Crippen LogP contribution in [0.4, 0.5) is 0 Å². The van der Waals surface area contributed by atoms with E-state index in [-0.39, 0.29) is 24.0 Å². The molecule has 0 aromatic rings. The Hall–Kier alpha value is -0.120. The van der Waals surface area contributed by atoms with Crippen LogP contribution < -0.4 is 5.32 Å². The predicted molar refractivity (Wildman–Crippen MR) is 105 cm³/mol. The lowest BCUT2D eigenvalue weighted by Gasteiger charge is -2.28. The van der Waals surface area contributed by atoms with Crippen LogP contribution in [0.1, 0.15) is 19.3 Å². The summed E-state index contributed by atoms with van der Waals surface area (Å²) >= 11 is 0. The quantitative estimate of drug-likeness (QED) is 0.367. The van der Waals surface area contributed by atoms with Gasteiger partial charge in [0.1, 0.15) is 0 Å². The Balaban J connectivity index is 0.00000264. The van der Waals surface area contributed by atoms with E-state index in [4.69, 9.17) is 9.47 Å². The van der Waals surface area contributed by atoms with E-state index in [9.17, 15) is 0 Å². The fourth-order valence-electron chi connectivity index (χ4n) is 3.42. The number of halogens is 1. The molecule has 0 radical (unpaired) electrons. The molecule has 2 fully saturated rings. The molecule has 2 heterocycles. The van der Waals surface area contributed by atoms with E-state index in [1.807, 2.05) is 7.05 Å². The van der Waals surface area contributed by atoms with Crippen molar-refractivity contribution in [2.75, 3.05) is 67.2 Å². The van der Waals surface area contributed by atoms with Crippen LogP contribution in [-0.4, -0.2) is 89.0 Å². The Bertz CT molecular complexity index is 351. The van der Waals surface area contributed by atoms with Crippen molar-refractivity contribution in [1.29, 1.82) is 0 Å². The van der Waals surface area contributed by atoms with E-state index in [0.29, 0.717) is 12.0 Å². The second kappa shape index (κ2) is 11.4. The molecule has 23 heavy (non-hydrogen) atoms. The zero-order valence-corrected chi connectivity index (χ0v) is 17.1. The lowest BCUT2D eigenvalue weighted by Crippen LogP contribution is -2.47. The third kappa shape index (κ3) is 6.72. The van der Waals surface area contributed by atoms with Gasteiger partial charge in [-0.15, -0.1) is 24.0 Å². The van der Waals surface area contributed by atoms with Gasteiger partial charge in [0.25, 0.3) is 0 Å². The molecule has 136 valence electrons. The zero-order valence-electron chi connectivity index (χ0n) is 14.8. The van der Waals surface area contributed by atoms with Crippen molar-refractivity contribution in [3.8, 4) is 0 Å². The van der Waals surface area contributed by atoms with Gasteiger partial charge in [0.15, 0.2) is 5.96 Å². The summed E-state index contributed by atoms with van der Waals surface area (Å²) in [7, 11) is 5.75. The molecule has 0 aromatic heterocycles. The molecule has 0 aliphatic carbocycles. The van der Waals surface area contributed by atoms with Gasteiger partial charge in [-0.25, -0.2) is 0 Å². The van der Waals surface area contributed by atoms with Gasteiger partial charge in [0, 0.05) is 59.4 Å². The number of nitrogens with one attached hydrogen (secondary N) is 1. The van der Waals surface area contributed by atoms with Gasteiger partial charge in [-0.1, -0.05) is 0 Å². The first kappa shape index (κ1) is 20.9. The second-order valence-corrected chi connectivity index (χ2v) is 6.36. The highest BCUT2D eigenvalue weighted by molar-refractivity contribution is 14.0. The Morgan fingerprint density at radius 1 is 1.43 bits per heavy atom. The van der Waals surface area contributed by atoms with Crippen LogP contribution in [-0.2, 0) is 9.47 Å². The fourth-order valence-corrected chi connectivity index (χ4v) is 3.42. The SMILES string of the molecule is CN=C(NCC1CCCN1CCOC)N(C)CC1CCOC1.I. The van der Waals surface area contributed by atoms with E-state index >= 15 is 0 Å². The molecule has 0 bridgehead atoms. The average Bonchev–Trinajstić information content (AvgIpc) is 3.17. The maximum Gasteiger partial charge on any atom is 0.193 e. The van der Waals surface area contributed by atoms with Crippen molar-refractivity contribution in [3.05, 3.63) is 0 Å². The number of ether oxygens (including phenoxy) is 2. The molecule has 0 amide bonds. The molecule has 0 spiro atoms. The number of likely N-dealkylation sites (tertiary alicyclic amines) is 1. The summed E-state index contributed by atoms with van der Waals surface area (Å²) in [5.74, 6) is 1.62. The minimum atomic E-state index is 0. The molecular formula is C16H33IN4O2. The monoisotopic (exact) mass is 440 g/mol. The van der Waals surface area contributed by atoms with E-state index in [0.717, 1.165) is 51.8 Å². The molecule has 6 nitrogen and oxygen atoms in total. The fraction of sp³-hybridized carbons (Fsp3) is 0.938. The van der Waals surface area contributed by atoms with Crippen molar-refractivity contribution in [1.82, 2.24) is 15.1 Å². The predicted octanol–water partition coefficient (Wildman–Crippen LogP) is 1.26. The Morgan fingerprint density at radius 3 is 2.91 bits per heavy atom. The van der Waals surface area contributed by atoms with Gasteiger partial charge in [0.2, 0.25) is 0 Å². The van der Waals surface area contributed by atoms with E-state index in [1.165, 1.54) is 19.4 Å². The largest absolute Gasteiger partial charge is 0.383 e. The number of guanidine groups is 1. The summed E-state index contributed by atoms with van der Waals surface area (Å²) in [6, 6.07) is 0.593. The molecule has 2 rings (SSSR count). The van der Waals surface area contributed by atoms with E-state index in [1.54, 1.807) is 7.11 Å². The molecule has 1 N–H and O–H groups in total. The molecular weight excluding hydrogens is 407 g/mol. The molecule has 2 aliphatic heterocycles. The highest BCUT2D eigenvalue weighted by Crippen LogP contribution is 2.16. The van der Waals surface area contributed by atoms with Crippen LogP contribution in [0.3, 0.4) is 0 Å². The van der Waals surface area contributed by atoms with Crippen molar-refractivity contribution in [2.24, 2.45) is 10.9 Å². The minimum Gasteiger partial charge on any atom is -0.383 e. The molecule has 2 aliphatic rings. The van der Waals surface area contributed by atoms with Crippen molar-refractivity contribution in [3.63, 3.8) is 0 Å². The van der Waals surface area contributed by atoms with E-state index < -0.39 is 0 Å². The summed E-state index contributed by atoms with van der Waals surface area (Å²) in [6.45, 7) is 6.78. The van der Waals surface area contributed by atoms with Crippen LogP contribution in [0.2, 0.25) is 0 Å². The number of methoxy groups -OCH3 is 1. The van der Waals surface area contributed by atoms with Gasteiger partial charge in [-0.05, 0) is 25.8 Å². The van der Waals surface area contributed by atoms with Crippen LogP contribution in [0, 0.1) is 5.92 Å². The third-order valence-corrected chi connectivity index (χ3v) is 4.71. The lowest BCUT2D eigenvalue weighted by molar-refractivity contribution is 0.141. The summed E-state index contributed by atoms with van der Waals surface area (Å²) in [4.78, 5) is 9.18. The Morgan fingerprint density at radius 2 is 2.26 bits per heavy atom. The van der Waals surface area contributed by atoms with E-state index in [2.05, 4.69) is 27.2 Å². The zero-order chi connectivity index (χ0) is 15.8. The van der Waals surface area contributed by atoms with Crippen LogP contribution in [0.15, 0.2) is 4.99 Å². The average molecular weight is 440 g/mol. The van der Waals surface area contributed by atoms with Gasteiger partial charge in [-0.3, -0.25) is 9.89 Å². The molecule has 2 unspecified atom stereocenters. The number of hydrogen-bond acceptors (Lipinski definition) is 4. The first-order valence-electron chi connectivity index (χ1n) is 8.47. The molecule has 0 aromatic carbocycles. The smallest absolute Gasteiger partial charge is 0.193 e. The highest BCUT2D eigenvalue weighted by atomic mass is 127. The van der Waals surface area contributed by atoms with Gasteiger partial charge in [-0.2, -0.15) is 0 Å². The Labute approximate surface area is 158 Å². The molecule has 7 heteroatoms. The maximum atomic E-state index is 5.46. The van der Waals surface area contributed by atoms with Crippen molar-refractivity contribution in [2.45, 2.75) is 25.3 Å². The molecule has 0 saturated carbocycles.